The van der Waals surface area contributed by atoms with E-state index in [9.17, 15) is 0 Å². The Balaban J connectivity index is 0.00000300. The Labute approximate surface area is 192 Å². The molecule has 0 aliphatic carbocycles. The number of nitrogens with zero attached hydrogens (tertiary/aromatic N) is 5. The zero-order chi connectivity index (χ0) is 19.8. The summed E-state index contributed by atoms with van der Waals surface area (Å²) in [4.78, 5) is 7.37. The number of hydrogen-bond acceptors (Lipinski definition) is 5. The summed E-state index contributed by atoms with van der Waals surface area (Å²) in [6.45, 7) is 9.61. The summed E-state index contributed by atoms with van der Waals surface area (Å²) in [6.07, 6.45) is 7.82. The predicted octanol–water partition coefficient (Wildman–Crippen LogP) is 2.22. The molecule has 0 bridgehead atoms. The molecular weight excluding hydrogens is 481 g/mol. The van der Waals surface area contributed by atoms with Crippen molar-refractivity contribution < 1.29 is 4.74 Å². The molecule has 0 aromatic carbocycles. The minimum Gasteiger partial charge on any atom is -0.376 e. The molecule has 2 atom stereocenters. The van der Waals surface area contributed by atoms with Gasteiger partial charge in [0.1, 0.15) is 12.4 Å². The number of aromatic nitrogens is 3. The summed E-state index contributed by atoms with van der Waals surface area (Å²) in [6, 6.07) is 0.734. The van der Waals surface area contributed by atoms with Gasteiger partial charge >= 0.3 is 0 Å². The van der Waals surface area contributed by atoms with Crippen LogP contribution in [0, 0.1) is 6.92 Å². The SMILES string of the molecule is CCC1CCCCN1CCNC(=NCc1nnc(C)n1C)NCC1CCCO1.I. The normalized spacial score (nSPS) is 23.1. The molecule has 2 saturated heterocycles. The summed E-state index contributed by atoms with van der Waals surface area (Å²) in [7, 11) is 1.98. The van der Waals surface area contributed by atoms with Crippen LogP contribution in [0.4, 0.5) is 0 Å². The van der Waals surface area contributed by atoms with E-state index < -0.39 is 0 Å². The minimum atomic E-state index is 0. The third-order valence-electron chi connectivity index (χ3n) is 5.99. The second-order valence-electron chi connectivity index (χ2n) is 7.92. The third-order valence-corrected chi connectivity index (χ3v) is 5.99. The Morgan fingerprint density at radius 2 is 2.07 bits per heavy atom. The highest BCUT2D eigenvalue weighted by Gasteiger charge is 2.20. The number of hydrogen-bond donors (Lipinski definition) is 2. The van der Waals surface area contributed by atoms with Gasteiger partial charge in [-0.05, 0) is 45.6 Å². The molecule has 9 heteroatoms. The molecule has 29 heavy (non-hydrogen) atoms. The molecule has 1 aromatic rings. The largest absolute Gasteiger partial charge is 0.376 e. The van der Waals surface area contributed by atoms with Crippen LogP contribution < -0.4 is 10.6 Å². The lowest BCUT2D eigenvalue weighted by molar-refractivity contribution is 0.113. The molecule has 2 aliphatic rings. The molecular formula is C20H38IN7O. The molecule has 2 unspecified atom stereocenters. The first-order chi connectivity index (χ1) is 13.7. The van der Waals surface area contributed by atoms with Gasteiger partial charge in [-0.2, -0.15) is 0 Å². The standard InChI is InChI=1S/C20H37N7O.HI/c1-4-17-8-5-6-11-27(17)12-10-21-20(22-14-18-9-7-13-28-18)23-15-19-25-24-16(2)26(19)3;/h17-18H,4-15H2,1-3H3,(H2,21,22,23);1H. The summed E-state index contributed by atoms with van der Waals surface area (Å²) >= 11 is 0. The number of halogens is 1. The molecule has 2 fully saturated rings. The molecule has 0 spiro atoms. The first-order valence-electron chi connectivity index (χ1n) is 10.9. The van der Waals surface area contributed by atoms with Crippen LogP contribution in [0.15, 0.2) is 4.99 Å². The van der Waals surface area contributed by atoms with E-state index in [1.165, 1.54) is 32.2 Å². The van der Waals surface area contributed by atoms with Crippen LogP contribution in [0.3, 0.4) is 0 Å². The van der Waals surface area contributed by atoms with Crippen molar-refractivity contribution in [3.63, 3.8) is 0 Å². The molecule has 8 nitrogen and oxygen atoms in total. The molecule has 2 N–H and O–H groups in total. The van der Waals surface area contributed by atoms with Gasteiger partial charge in [0.25, 0.3) is 0 Å². The Morgan fingerprint density at radius 1 is 1.21 bits per heavy atom. The van der Waals surface area contributed by atoms with Crippen LogP contribution in [-0.2, 0) is 18.3 Å². The Kier molecular flexibility index (Phi) is 10.6. The summed E-state index contributed by atoms with van der Waals surface area (Å²) in [5, 5.41) is 15.3. The number of ether oxygens (including phenoxy) is 1. The van der Waals surface area contributed by atoms with Crippen molar-refractivity contribution >= 4 is 29.9 Å². The van der Waals surface area contributed by atoms with Gasteiger partial charge in [-0.15, -0.1) is 34.2 Å². The van der Waals surface area contributed by atoms with E-state index in [-0.39, 0.29) is 30.1 Å². The number of piperidine rings is 1. The molecule has 0 amide bonds. The van der Waals surface area contributed by atoms with Gasteiger partial charge in [-0.25, -0.2) is 4.99 Å². The van der Waals surface area contributed by atoms with E-state index >= 15 is 0 Å². The zero-order valence-electron chi connectivity index (χ0n) is 18.2. The Morgan fingerprint density at radius 3 is 2.76 bits per heavy atom. The maximum Gasteiger partial charge on any atom is 0.191 e. The van der Waals surface area contributed by atoms with Crippen molar-refractivity contribution in [2.75, 3.05) is 32.8 Å². The van der Waals surface area contributed by atoms with Crippen molar-refractivity contribution in [3.05, 3.63) is 11.6 Å². The summed E-state index contributed by atoms with van der Waals surface area (Å²) in [5.41, 5.74) is 0. The smallest absolute Gasteiger partial charge is 0.191 e. The molecule has 0 radical (unpaired) electrons. The number of likely N-dealkylation sites (tertiary alicyclic amines) is 1. The average Bonchev–Trinajstić information content (AvgIpc) is 3.35. The third kappa shape index (κ3) is 7.36. The highest BCUT2D eigenvalue weighted by molar-refractivity contribution is 14.0. The van der Waals surface area contributed by atoms with E-state index in [4.69, 9.17) is 9.73 Å². The first-order valence-corrected chi connectivity index (χ1v) is 10.9. The van der Waals surface area contributed by atoms with E-state index in [1.54, 1.807) is 0 Å². The lowest BCUT2D eigenvalue weighted by atomic mass is 10.0. The molecule has 1 aromatic heterocycles. The van der Waals surface area contributed by atoms with Crippen molar-refractivity contribution in [2.45, 2.75) is 71.1 Å². The second kappa shape index (κ2) is 12.7. The summed E-state index contributed by atoms with van der Waals surface area (Å²) < 4.78 is 7.72. The van der Waals surface area contributed by atoms with Gasteiger partial charge in [0.2, 0.25) is 0 Å². The van der Waals surface area contributed by atoms with Gasteiger partial charge in [-0.3, -0.25) is 4.90 Å². The van der Waals surface area contributed by atoms with Crippen LogP contribution in [0.2, 0.25) is 0 Å². The number of aryl methyl sites for hydroxylation is 1. The lowest BCUT2D eigenvalue weighted by Crippen LogP contribution is -2.47. The quantitative estimate of drug-likeness (QED) is 0.312. The molecule has 3 rings (SSSR count). The molecule has 166 valence electrons. The fourth-order valence-electron chi connectivity index (χ4n) is 4.06. The van der Waals surface area contributed by atoms with Gasteiger partial charge in [0, 0.05) is 39.3 Å². The number of guanidine groups is 1. The summed E-state index contributed by atoms with van der Waals surface area (Å²) in [5.74, 6) is 2.61. The molecule has 2 aliphatic heterocycles. The van der Waals surface area contributed by atoms with Crippen LogP contribution >= 0.6 is 24.0 Å². The van der Waals surface area contributed by atoms with Crippen molar-refractivity contribution in [2.24, 2.45) is 12.0 Å². The van der Waals surface area contributed by atoms with Crippen molar-refractivity contribution in [1.29, 1.82) is 0 Å². The van der Waals surface area contributed by atoms with E-state index in [0.717, 1.165) is 62.7 Å². The zero-order valence-corrected chi connectivity index (χ0v) is 20.5. The maximum absolute atomic E-state index is 5.74. The molecule has 3 heterocycles. The van der Waals surface area contributed by atoms with Crippen LogP contribution in [0.25, 0.3) is 0 Å². The fraction of sp³-hybridized carbons (Fsp3) is 0.850. The van der Waals surface area contributed by atoms with Crippen LogP contribution in [-0.4, -0.2) is 70.6 Å². The highest BCUT2D eigenvalue weighted by Crippen LogP contribution is 2.18. The average molecular weight is 519 g/mol. The second-order valence-corrected chi connectivity index (χ2v) is 7.92. The highest BCUT2D eigenvalue weighted by atomic mass is 127. The van der Waals surface area contributed by atoms with Gasteiger partial charge in [-0.1, -0.05) is 13.3 Å². The fourth-order valence-corrected chi connectivity index (χ4v) is 4.06. The molecule has 0 saturated carbocycles. The predicted molar refractivity (Wildman–Crippen MR) is 127 cm³/mol. The lowest BCUT2D eigenvalue weighted by Gasteiger charge is -2.35. The minimum absolute atomic E-state index is 0. The first kappa shape index (κ1) is 24.3. The van der Waals surface area contributed by atoms with Crippen molar-refractivity contribution in [1.82, 2.24) is 30.3 Å². The number of aliphatic imine (C=N–C) groups is 1. The topological polar surface area (TPSA) is 79.6 Å². The Bertz CT molecular complexity index is 630. The van der Waals surface area contributed by atoms with Crippen LogP contribution in [0.5, 0.6) is 0 Å². The van der Waals surface area contributed by atoms with Crippen molar-refractivity contribution in [3.8, 4) is 0 Å². The number of rotatable bonds is 8. The van der Waals surface area contributed by atoms with E-state index in [2.05, 4.69) is 32.7 Å². The van der Waals surface area contributed by atoms with Gasteiger partial charge < -0.3 is 19.9 Å². The van der Waals surface area contributed by atoms with Gasteiger partial charge in [0.15, 0.2) is 11.8 Å². The Hall–Kier alpha value is -0.940. The van der Waals surface area contributed by atoms with Crippen LogP contribution in [0.1, 0.15) is 57.1 Å². The van der Waals surface area contributed by atoms with E-state index in [1.807, 2.05) is 18.5 Å². The van der Waals surface area contributed by atoms with E-state index in [0.29, 0.717) is 6.54 Å². The van der Waals surface area contributed by atoms with Gasteiger partial charge in [0.05, 0.1) is 6.10 Å². The monoisotopic (exact) mass is 519 g/mol. The maximum atomic E-state index is 5.74. The number of nitrogens with one attached hydrogen (secondary N) is 2.